The Balaban J connectivity index is 2.36. The van der Waals surface area contributed by atoms with Gasteiger partial charge in [0.2, 0.25) is 0 Å². The molecular formula is C13H17BN2O6. The van der Waals surface area contributed by atoms with E-state index < -0.39 is 29.3 Å². The largest absolute Gasteiger partial charge is 0.495 e. The molecule has 1 fully saturated rings. The molecule has 0 saturated carbocycles. The van der Waals surface area contributed by atoms with Gasteiger partial charge in [0, 0.05) is 6.07 Å². The molecule has 2 rings (SSSR count). The summed E-state index contributed by atoms with van der Waals surface area (Å²) in [5.41, 5.74) is -1.12. The molecule has 0 spiro atoms. The third kappa shape index (κ3) is 2.90. The number of rotatable bonds is 3. The van der Waals surface area contributed by atoms with Crippen LogP contribution in [0, 0.1) is 10.1 Å². The van der Waals surface area contributed by atoms with Crippen LogP contribution in [-0.4, -0.2) is 34.4 Å². The van der Waals surface area contributed by atoms with Crippen LogP contribution in [0.2, 0.25) is 0 Å². The van der Waals surface area contributed by atoms with Crippen molar-refractivity contribution in [3.63, 3.8) is 0 Å². The van der Waals surface area contributed by atoms with Crippen molar-refractivity contribution in [1.29, 1.82) is 0 Å². The minimum absolute atomic E-state index is 0.0993. The number of nitrogens with zero attached hydrogens (tertiary/aromatic N) is 1. The number of anilines is 1. The molecule has 1 aromatic carbocycles. The van der Waals surface area contributed by atoms with Crippen molar-refractivity contribution in [2.75, 3.05) is 5.32 Å². The van der Waals surface area contributed by atoms with E-state index >= 15 is 0 Å². The van der Waals surface area contributed by atoms with E-state index in [0.29, 0.717) is 5.46 Å². The first kappa shape index (κ1) is 16.2. The summed E-state index contributed by atoms with van der Waals surface area (Å²) in [6, 6.07) is 4.13. The van der Waals surface area contributed by atoms with Crippen LogP contribution in [0.3, 0.4) is 0 Å². The first-order chi connectivity index (χ1) is 10.0. The lowest BCUT2D eigenvalue weighted by Gasteiger charge is -2.32. The average Bonchev–Trinajstić information content (AvgIpc) is 2.57. The molecule has 0 aliphatic carbocycles. The van der Waals surface area contributed by atoms with Crippen LogP contribution in [0.15, 0.2) is 18.2 Å². The molecule has 0 radical (unpaired) electrons. The molecule has 1 aromatic rings. The normalized spacial score (nSPS) is 19.0. The van der Waals surface area contributed by atoms with Crippen molar-refractivity contribution in [3.05, 3.63) is 28.3 Å². The van der Waals surface area contributed by atoms with Crippen LogP contribution in [0.25, 0.3) is 0 Å². The van der Waals surface area contributed by atoms with Crippen LogP contribution in [0.1, 0.15) is 27.7 Å². The van der Waals surface area contributed by atoms with Crippen LogP contribution in [0.5, 0.6) is 0 Å². The summed E-state index contributed by atoms with van der Waals surface area (Å²) in [5, 5.41) is 21.8. The van der Waals surface area contributed by atoms with E-state index in [1.807, 2.05) is 33.0 Å². The molecule has 0 unspecified atom stereocenters. The Hall–Kier alpha value is -2.13. The first-order valence-corrected chi connectivity index (χ1v) is 6.67. The molecule has 0 aromatic heterocycles. The van der Waals surface area contributed by atoms with Gasteiger partial charge < -0.3 is 14.4 Å². The zero-order valence-electron chi connectivity index (χ0n) is 12.7. The van der Waals surface area contributed by atoms with Gasteiger partial charge in [0.15, 0.2) is 0 Å². The predicted molar refractivity (Wildman–Crippen MR) is 80.5 cm³/mol. The van der Waals surface area contributed by atoms with E-state index in [0.717, 1.165) is 0 Å². The highest BCUT2D eigenvalue weighted by Crippen LogP contribution is 2.37. The minimum Gasteiger partial charge on any atom is -0.465 e. The molecule has 0 bridgehead atoms. The summed E-state index contributed by atoms with van der Waals surface area (Å²) in [6.45, 7) is 7.51. The van der Waals surface area contributed by atoms with Crippen molar-refractivity contribution in [1.82, 2.24) is 0 Å². The zero-order chi connectivity index (χ0) is 16.7. The van der Waals surface area contributed by atoms with Crippen molar-refractivity contribution in [3.8, 4) is 0 Å². The fraction of sp³-hybridized carbons (Fsp3) is 0.462. The number of hydrogen-bond donors (Lipinski definition) is 2. The number of amides is 1. The summed E-state index contributed by atoms with van der Waals surface area (Å²) in [7, 11) is -0.748. The van der Waals surface area contributed by atoms with Gasteiger partial charge in [0.05, 0.1) is 16.1 Å². The number of hydrogen-bond acceptors (Lipinski definition) is 5. The first-order valence-electron chi connectivity index (χ1n) is 6.67. The number of nitro groups is 1. The second kappa shape index (κ2) is 5.26. The van der Waals surface area contributed by atoms with Gasteiger partial charge in [-0.05, 0) is 39.2 Å². The topological polar surface area (TPSA) is 111 Å². The molecule has 1 aliphatic heterocycles. The van der Waals surface area contributed by atoms with Crippen molar-refractivity contribution in [2.45, 2.75) is 38.9 Å². The van der Waals surface area contributed by atoms with Gasteiger partial charge in [0.25, 0.3) is 5.69 Å². The van der Waals surface area contributed by atoms with Gasteiger partial charge in [-0.25, -0.2) is 4.79 Å². The minimum atomic E-state index is -1.37. The maximum absolute atomic E-state index is 11.1. The highest BCUT2D eigenvalue weighted by atomic mass is 16.7. The lowest BCUT2D eigenvalue weighted by atomic mass is 9.79. The highest BCUT2D eigenvalue weighted by Gasteiger charge is 2.52. The second-order valence-electron chi connectivity index (χ2n) is 6.05. The average molecular weight is 308 g/mol. The number of carbonyl (C=O) groups is 1. The Kier molecular flexibility index (Phi) is 3.88. The third-order valence-corrected chi connectivity index (χ3v) is 3.99. The van der Waals surface area contributed by atoms with Crippen molar-refractivity contribution >= 4 is 30.0 Å². The van der Waals surface area contributed by atoms with Gasteiger partial charge in [-0.1, -0.05) is 6.07 Å². The van der Waals surface area contributed by atoms with E-state index in [9.17, 15) is 14.9 Å². The maximum atomic E-state index is 11.1. The van der Waals surface area contributed by atoms with Crippen molar-refractivity contribution < 1.29 is 24.1 Å². The molecule has 9 heteroatoms. The summed E-state index contributed by atoms with van der Waals surface area (Å²) < 4.78 is 11.6. The second-order valence-corrected chi connectivity index (χ2v) is 6.05. The molecule has 2 N–H and O–H groups in total. The fourth-order valence-electron chi connectivity index (χ4n) is 2.05. The molecule has 22 heavy (non-hydrogen) atoms. The predicted octanol–water partition coefficient (Wildman–Crippen LogP) is 1.98. The third-order valence-electron chi connectivity index (χ3n) is 3.99. The molecule has 1 aliphatic rings. The standard InChI is InChI=1S/C13H17BN2O6/c1-12(2)13(3,4)22-14(21-12)8-5-6-9(15-11(17)18)10(7-8)16(19)20/h5-7,15H,1-4H3,(H,17,18). The quantitative estimate of drug-likeness (QED) is 0.502. The smallest absolute Gasteiger partial charge is 0.465 e. The summed E-state index contributed by atoms with van der Waals surface area (Å²) >= 11 is 0. The Labute approximate surface area is 127 Å². The number of benzene rings is 1. The molecule has 0 atom stereocenters. The van der Waals surface area contributed by atoms with Crippen LogP contribution in [-0.2, 0) is 9.31 Å². The molecule has 8 nitrogen and oxygen atoms in total. The Morgan fingerprint density at radius 2 is 1.82 bits per heavy atom. The SMILES string of the molecule is CC1(C)OB(c2ccc(NC(=O)O)c([N+](=O)[O-])c2)OC1(C)C. The summed E-state index contributed by atoms with van der Waals surface area (Å²) in [6.07, 6.45) is -1.37. The molecule has 1 heterocycles. The monoisotopic (exact) mass is 308 g/mol. The lowest BCUT2D eigenvalue weighted by Crippen LogP contribution is -2.41. The van der Waals surface area contributed by atoms with Gasteiger partial charge >= 0.3 is 13.2 Å². The van der Waals surface area contributed by atoms with Gasteiger partial charge in [-0.15, -0.1) is 0 Å². The van der Waals surface area contributed by atoms with Gasteiger partial charge in [0.1, 0.15) is 5.69 Å². The molecular weight excluding hydrogens is 291 g/mol. The maximum Gasteiger partial charge on any atom is 0.495 e. The number of nitro benzene ring substituents is 1. The Morgan fingerprint density at radius 1 is 1.27 bits per heavy atom. The zero-order valence-corrected chi connectivity index (χ0v) is 12.7. The van der Waals surface area contributed by atoms with E-state index in [-0.39, 0.29) is 11.4 Å². The van der Waals surface area contributed by atoms with Crippen LogP contribution in [0.4, 0.5) is 16.2 Å². The summed E-state index contributed by atoms with van der Waals surface area (Å²) in [4.78, 5) is 21.1. The van der Waals surface area contributed by atoms with Crippen LogP contribution < -0.4 is 10.8 Å². The van der Waals surface area contributed by atoms with Crippen LogP contribution >= 0.6 is 0 Å². The fourth-order valence-corrected chi connectivity index (χ4v) is 2.05. The van der Waals surface area contributed by atoms with Crippen molar-refractivity contribution in [2.24, 2.45) is 0 Å². The van der Waals surface area contributed by atoms with E-state index in [1.54, 1.807) is 6.07 Å². The molecule has 1 amide bonds. The van der Waals surface area contributed by atoms with Gasteiger partial charge in [-0.2, -0.15) is 0 Å². The summed E-state index contributed by atoms with van der Waals surface area (Å²) in [5.74, 6) is 0. The highest BCUT2D eigenvalue weighted by molar-refractivity contribution is 6.62. The Morgan fingerprint density at radius 3 is 2.27 bits per heavy atom. The van der Waals surface area contributed by atoms with E-state index in [4.69, 9.17) is 14.4 Å². The number of nitrogens with one attached hydrogen (secondary N) is 1. The van der Waals surface area contributed by atoms with E-state index in [2.05, 4.69) is 0 Å². The Bertz CT molecular complexity index is 615. The van der Waals surface area contributed by atoms with Gasteiger partial charge in [-0.3, -0.25) is 15.4 Å². The number of carboxylic acid groups (broad SMARTS) is 1. The van der Waals surface area contributed by atoms with E-state index in [1.165, 1.54) is 12.1 Å². The lowest BCUT2D eigenvalue weighted by molar-refractivity contribution is -0.383. The molecule has 1 saturated heterocycles. The molecule has 118 valence electrons.